The van der Waals surface area contributed by atoms with E-state index in [1.54, 1.807) is 0 Å². The van der Waals surface area contributed by atoms with E-state index in [4.69, 9.17) is 23.2 Å². The third-order valence-electron chi connectivity index (χ3n) is 1.22. The number of hydrogen-bond donors (Lipinski definition) is 1. The van der Waals surface area contributed by atoms with Crippen LogP contribution in [0.4, 0.5) is 0 Å². The van der Waals surface area contributed by atoms with E-state index in [1.807, 2.05) is 0 Å². The van der Waals surface area contributed by atoms with Gasteiger partial charge in [0.1, 0.15) is 0 Å². The molecular weight excluding hydrogens is 185 g/mol. The monoisotopic (exact) mass is 197 g/mol. The molecule has 0 aromatic carbocycles. The summed E-state index contributed by atoms with van der Waals surface area (Å²) < 4.78 is 0. The predicted molar refractivity (Wildman–Crippen MR) is 48.3 cm³/mol. The summed E-state index contributed by atoms with van der Waals surface area (Å²) in [5.74, 6) is 0.588. The lowest BCUT2D eigenvalue weighted by Crippen LogP contribution is -2.27. The lowest BCUT2D eigenvalue weighted by atomic mass is 10.2. The van der Waals surface area contributed by atoms with Gasteiger partial charge in [-0.2, -0.15) is 0 Å². The first-order valence-electron chi connectivity index (χ1n) is 3.61. The van der Waals surface area contributed by atoms with E-state index in [2.05, 4.69) is 5.32 Å². The minimum Gasteiger partial charge on any atom is -0.355 e. The van der Waals surface area contributed by atoms with E-state index in [0.29, 0.717) is 12.4 Å². The fourth-order valence-electron chi connectivity index (χ4n) is 0.655. The topological polar surface area (TPSA) is 29.1 Å². The van der Waals surface area contributed by atoms with Crippen LogP contribution in [-0.2, 0) is 4.79 Å². The summed E-state index contributed by atoms with van der Waals surface area (Å²) >= 11 is 11.3. The quantitative estimate of drug-likeness (QED) is 0.670. The first-order chi connectivity index (χ1) is 5.16. The molecule has 0 bridgehead atoms. The van der Waals surface area contributed by atoms with Crippen molar-refractivity contribution in [2.24, 2.45) is 0 Å². The van der Waals surface area contributed by atoms with Gasteiger partial charge in [0, 0.05) is 19.3 Å². The number of hydrogen-bond acceptors (Lipinski definition) is 1. The Bertz CT molecular complexity index is 119. The Morgan fingerprint density at radius 1 is 1.64 bits per heavy atom. The summed E-state index contributed by atoms with van der Waals surface area (Å²) in [5, 5.41) is 2.65. The minimum atomic E-state index is -0.0403. The molecule has 0 rings (SSSR count). The Morgan fingerprint density at radius 2 is 2.27 bits per heavy atom. The standard InChI is InChI=1S/C7H13Cl2NO/c1-6(11)10-5-7(9)3-2-4-8/h7H,2-5H2,1H3,(H,10,11)/t7-/m1/s1. The lowest BCUT2D eigenvalue weighted by molar-refractivity contribution is -0.118. The van der Waals surface area contributed by atoms with Crippen molar-refractivity contribution in [3.63, 3.8) is 0 Å². The smallest absolute Gasteiger partial charge is 0.216 e. The molecule has 0 spiro atoms. The predicted octanol–water partition coefficient (Wildman–Crippen LogP) is 1.75. The first-order valence-corrected chi connectivity index (χ1v) is 4.58. The van der Waals surface area contributed by atoms with E-state index in [9.17, 15) is 4.79 Å². The highest BCUT2D eigenvalue weighted by molar-refractivity contribution is 6.21. The molecule has 0 heterocycles. The number of carbonyl (C=O) groups excluding carboxylic acids is 1. The van der Waals surface area contributed by atoms with Gasteiger partial charge in [0.2, 0.25) is 5.91 Å². The van der Waals surface area contributed by atoms with Crippen LogP contribution in [0.15, 0.2) is 0 Å². The molecule has 0 aliphatic heterocycles. The molecule has 4 heteroatoms. The third kappa shape index (κ3) is 7.95. The van der Waals surface area contributed by atoms with E-state index in [1.165, 1.54) is 6.92 Å². The highest BCUT2D eigenvalue weighted by Crippen LogP contribution is 2.04. The average Bonchev–Trinajstić information content (AvgIpc) is 1.97. The van der Waals surface area contributed by atoms with Crippen molar-refractivity contribution in [1.29, 1.82) is 0 Å². The van der Waals surface area contributed by atoms with Crippen LogP contribution in [0.25, 0.3) is 0 Å². The molecular formula is C7H13Cl2NO. The zero-order valence-corrected chi connectivity index (χ0v) is 8.08. The van der Waals surface area contributed by atoms with Crippen molar-refractivity contribution in [2.45, 2.75) is 25.1 Å². The Balaban J connectivity index is 3.22. The molecule has 1 atom stereocenters. The molecule has 66 valence electrons. The second-order valence-electron chi connectivity index (χ2n) is 2.37. The third-order valence-corrected chi connectivity index (χ3v) is 1.86. The van der Waals surface area contributed by atoms with E-state index in [0.717, 1.165) is 12.8 Å². The van der Waals surface area contributed by atoms with Crippen LogP contribution >= 0.6 is 23.2 Å². The van der Waals surface area contributed by atoms with Gasteiger partial charge in [0.05, 0.1) is 5.38 Å². The number of nitrogens with one attached hydrogen (secondary N) is 1. The summed E-state index contributed by atoms with van der Waals surface area (Å²) in [5.41, 5.74) is 0. The Morgan fingerprint density at radius 3 is 2.73 bits per heavy atom. The van der Waals surface area contributed by atoms with Gasteiger partial charge >= 0.3 is 0 Å². The molecule has 11 heavy (non-hydrogen) atoms. The van der Waals surface area contributed by atoms with Gasteiger partial charge in [-0.05, 0) is 12.8 Å². The van der Waals surface area contributed by atoms with Crippen LogP contribution in [0, 0.1) is 0 Å². The molecule has 2 nitrogen and oxygen atoms in total. The van der Waals surface area contributed by atoms with Crippen LogP contribution in [-0.4, -0.2) is 23.7 Å². The second-order valence-corrected chi connectivity index (χ2v) is 3.36. The van der Waals surface area contributed by atoms with Crippen LogP contribution < -0.4 is 5.32 Å². The Hall–Kier alpha value is 0.0500. The Kier molecular flexibility index (Phi) is 6.77. The van der Waals surface area contributed by atoms with Gasteiger partial charge in [-0.25, -0.2) is 0 Å². The normalized spacial score (nSPS) is 12.6. The van der Waals surface area contributed by atoms with Gasteiger partial charge in [0.15, 0.2) is 0 Å². The zero-order chi connectivity index (χ0) is 8.69. The number of rotatable bonds is 5. The molecule has 0 fully saturated rings. The molecule has 0 aliphatic carbocycles. The van der Waals surface area contributed by atoms with Crippen LogP contribution in [0.1, 0.15) is 19.8 Å². The lowest BCUT2D eigenvalue weighted by Gasteiger charge is -2.07. The van der Waals surface area contributed by atoms with Crippen molar-refractivity contribution in [3.8, 4) is 0 Å². The number of amides is 1. The van der Waals surface area contributed by atoms with Gasteiger partial charge in [0.25, 0.3) is 0 Å². The van der Waals surface area contributed by atoms with Crippen molar-refractivity contribution < 1.29 is 4.79 Å². The van der Waals surface area contributed by atoms with Crippen molar-refractivity contribution in [2.75, 3.05) is 12.4 Å². The van der Waals surface area contributed by atoms with Crippen molar-refractivity contribution in [3.05, 3.63) is 0 Å². The maximum atomic E-state index is 10.4. The van der Waals surface area contributed by atoms with Crippen LogP contribution in [0.3, 0.4) is 0 Å². The molecule has 0 saturated carbocycles. The zero-order valence-electron chi connectivity index (χ0n) is 6.57. The minimum absolute atomic E-state index is 0.0117. The number of halogens is 2. The van der Waals surface area contributed by atoms with Gasteiger partial charge in [-0.15, -0.1) is 23.2 Å². The van der Waals surface area contributed by atoms with E-state index < -0.39 is 0 Å². The summed E-state index contributed by atoms with van der Waals surface area (Å²) in [4.78, 5) is 10.4. The molecule has 0 saturated heterocycles. The SMILES string of the molecule is CC(=O)NC[C@H](Cl)CCCCl. The van der Waals surface area contributed by atoms with Crippen molar-refractivity contribution >= 4 is 29.1 Å². The maximum Gasteiger partial charge on any atom is 0.216 e. The molecule has 1 amide bonds. The van der Waals surface area contributed by atoms with E-state index in [-0.39, 0.29) is 11.3 Å². The summed E-state index contributed by atoms with van der Waals surface area (Å²) in [6.45, 7) is 2.01. The van der Waals surface area contributed by atoms with Gasteiger partial charge in [-0.3, -0.25) is 4.79 Å². The molecule has 0 radical (unpaired) electrons. The van der Waals surface area contributed by atoms with Gasteiger partial charge < -0.3 is 5.32 Å². The number of carbonyl (C=O) groups is 1. The summed E-state index contributed by atoms with van der Waals surface area (Å²) in [6, 6.07) is 0. The Labute approximate surface area is 77.2 Å². The average molecular weight is 198 g/mol. The van der Waals surface area contributed by atoms with Crippen molar-refractivity contribution in [1.82, 2.24) is 5.32 Å². The summed E-state index contributed by atoms with van der Waals surface area (Å²) in [7, 11) is 0. The highest BCUT2D eigenvalue weighted by Gasteiger charge is 2.03. The molecule has 0 unspecified atom stereocenters. The number of alkyl halides is 2. The largest absolute Gasteiger partial charge is 0.355 e. The van der Waals surface area contributed by atoms with Gasteiger partial charge in [-0.1, -0.05) is 0 Å². The highest BCUT2D eigenvalue weighted by atomic mass is 35.5. The molecule has 1 N–H and O–H groups in total. The van der Waals surface area contributed by atoms with Crippen LogP contribution in [0.5, 0.6) is 0 Å². The van der Waals surface area contributed by atoms with Crippen LogP contribution in [0.2, 0.25) is 0 Å². The summed E-state index contributed by atoms with van der Waals surface area (Å²) in [6.07, 6.45) is 1.75. The molecule has 0 aromatic heterocycles. The maximum absolute atomic E-state index is 10.4. The fraction of sp³-hybridized carbons (Fsp3) is 0.857. The molecule has 0 aromatic rings. The fourth-order valence-corrected chi connectivity index (χ4v) is 1.04. The first kappa shape index (κ1) is 11.1. The second kappa shape index (κ2) is 6.74. The van der Waals surface area contributed by atoms with E-state index >= 15 is 0 Å². The molecule has 0 aliphatic rings.